The zero-order valence-corrected chi connectivity index (χ0v) is 13.8. The van der Waals surface area contributed by atoms with Crippen LogP contribution in [-0.4, -0.2) is 44.8 Å². The van der Waals surface area contributed by atoms with Crippen LogP contribution in [0.3, 0.4) is 0 Å². The zero-order valence-electron chi connectivity index (χ0n) is 13.8. The SMILES string of the molecule is Cc1ccc(OC2CCN(C(=O)c3cccn(C)c3=O)CC2)nn1. The number of hydrogen-bond acceptors (Lipinski definition) is 5. The van der Waals surface area contributed by atoms with Gasteiger partial charge in [-0.15, -0.1) is 5.10 Å². The highest BCUT2D eigenvalue weighted by Crippen LogP contribution is 2.18. The summed E-state index contributed by atoms with van der Waals surface area (Å²) in [7, 11) is 1.64. The maximum absolute atomic E-state index is 12.5. The quantitative estimate of drug-likeness (QED) is 0.845. The summed E-state index contributed by atoms with van der Waals surface area (Å²) in [5, 5.41) is 7.97. The second-order valence-corrected chi connectivity index (χ2v) is 5.96. The van der Waals surface area contributed by atoms with E-state index in [1.165, 1.54) is 4.57 Å². The lowest BCUT2D eigenvalue weighted by Crippen LogP contribution is -2.43. The molecule has 0 radical (unpaired) electrons. The Bertz CT molecular complexity index is 777. The Labute approximate surface area is 139 Å². The molecule has 1 fully saturated rings. The Kier molecular flexibility index (Phi) is 4.59. The van der Waals surface area contributed by atoms with Gasteiger partial charge in [-0.3, -0.25) is 9.59 Å². The van der Waals surface area contributed by atoms with Gasteiger partial charge >= 0.3 is 0 Å². The first-order valence-electron chi connectivity index (χ1n) is 7.96. The van der Waals surface area contributed by atoms with E-state index in [4.69, 9.17) is 4.74 Å². The first-order chi connectivity index (χ1) is 11.5. The molecule has 24 heavy (non-hydrogen) atoms. The number of pyridine rings is 1. The number of carbonyl (C=O) groups excluding carboxylic acids is 1. The van der Waals surface area contributed by atoms with E-state index in [0.717, 1.165) is 5.69 Å². The number of aryl methyl sites for hydroxylation is 2. The van der Waals surface area contributed by atoms with Crippen LogP contribution in [0.15, 0.2) is 35.3 Å². The largest absolute Gasteiger partial charge is 0.473 e. The minimum atomic E-state index is -0.268. The molecule has 1 aliphatic rings. The second kappa shape index (κ2) is 6.82. The molecule has 0 atom stereocenters. The standard InChI is InChI=1S/C17H20N4O3/c1-12-5-6-15(19-18-12)24-13-7-10-21(11-8-13)17(23)14-4-3-9-20(2)16(14)22/h3-6,9,13H,7-8,10-11H2,1-2H3. The topological polar surface area (TPSA) is 77.3 Å². The Morgan fingerprint density at radius 1 is 1.21 bits per heavy atom. The van der Waals surface area contributed by atoms with E-state index in [0.29, 0.717) is 31.8 Å². The van der Waals surface area contributed by atoms with Crippen LogP contribution in [0.1, 0.15) is 28.9 Å². The number of hydrogen-bond donors (Lipinski definition) is 0. The van der Waals surface area contributed by atoms with Crippen molar-refractivity contribution in [3.8, 4) is 5.88 Å². The Morgan fingerprint density at radius 2 is 1.96 bits per heavy atom. The predicted octanol–water partition coefficient (Wildman–Crippen LogP) is 1.17. The first kappa shape index (κ1) is 16.2. The minimum absolute atomic E-state index is 0.00432. The molecular weight excluding hydrogens is 308 g/mol. The molecular formula is C17H20N4O3. The number of likely N-dealkylation sites (tertiary alicyclic amines) is 1. The Hall–Kier alpha value is -2.70. The highest BCUT2D eigenvalue weighted by molar-refractivity contribution is 5.93. The molecule has 1 amide bonds. The fourth-order valence-electron chi connectivity index (χ4n) is 2.73. The lowest BCUT2D eigenvalue weighted by atomic mass is 10.1. The maximum Gasteiger partial charge on any atom is 0.263 e. The van der Waals surface area contributed by atoms with Gasteiger partial charge in [0.1, 0.15) is 11.7 Å². The van der Waals surface area contributed by atoms with Crippen molar-refractivity contribution in [2.45, 2.75) is 25.9 Å². The molecule has 2 aromatic rings. The first-order valence-corrected chi connectivity index (χ1v) is 7.96. The van der Waals surface area contributed by atoms with Gasteiger partial charge in [0.15, 0.2) is 0 Å². The summed E-state index contributed by atoms with van der Waals surface area (Å²) in [6.45, 7) is 2.98. The van der Waals surface area contributed by atoms with Crippen LogP contribution < -0.4 is 10.3 Å². The molecule has 3 rings (SSSR count). The molecule has 0 spiro atoms. The van der Waals surface area contributed by atoms with E-state index in [2.05, 4.69) is 10.2 Å². The van der Waals surface area contributed by atoms with Crippen molar-refractivity contribution in [3.63, 3.8) is 0 Å². The predicted molar refractivity (Wildman–Crippen MR) is 88.0 cm³/mol. The molecule has 126 valence electrons. The average Bonchev–Trinajstić information content (AvgIpc) is 2.59. The molecule has 0 aliphatic carbocycles. The number of ether oxygens (including phenoxy) is 1. The minimum Gasteiger partial charge on any atom is -0.473 e. The number of piperidine rings is 1. The van der Waals surface area contributed by atoms with Crippen LogP contribution in [-0.2, 0) is 7.05 Å². The third kappa shape index (κ3) is 3.45. The molecule has 3 heterocycles. The Balaban J connectivity index is 1.60. The van der Waals surface area contributed by atoms with E-state index in [9.17, 15) is 9.59 Å². The summed E-state index contributed by atoms with van der Waals surface area (Å²) >= 11 is 0. The monoisotopic (exact) mass is 328 g/mol. The third-order valence-electron chi connectivity index (χ3n) is 4.14. The smallest absolute Gasteiger partial charge is 0.263 e. The number of amides is 1. The number of nitrogens with zero attached hydrogens (tertiary/aromatic N) is 4. The van der Waals surface area contributed by atoms with E-state index < -0.39 is 0 Å². The normalized spacial score (nSPS) is 15.3. The molecule has 0 bridgehead atoms. The maximum atomic E-state index is 12.5. The van der Waals surface area contributed by atoms with Crippen molar-refractivity contribution in [3.05, 3.63) is 52.1 Å². The zero-order chi connectivity index (χ0) is 17.1. The lowest BCUT2D eigenvalue weighted by molar-refractivity contribution is 0.0584. The van der Waals surface area contributed by atoms with Gasteiger partial charge in [-0.05, 0) is 25.1 Å². The molecule has 1 saturated heterocycles. The van der Waals surface area contributed by atoms with Gasteiger partial charge in [0.05, 0.1) is 5.69 Å². The number of aromatic nitrogens is 3. The Morgan fingerprint density at radius 3 is 2.62 bits per heavy atom. The van der Waals surface area contributed by atoms with E-state index in [-0.39, 0.29) is 23.1 Å². The summed E-state index contributed by atoms with van der Waals surface area (Å²) in [6, 6.07) is 6.94. The second-order valence-electron chi connectivity index (χ2n) is 5.96. The van der Waals surface area contributed by atoms with E-state index >= 15 is 0 Å². The third-order valence-corrected chi connectivity index (χ3v) is 4.14. The van der Waals surface area contributed by atoms with Crippen molar-refractivity contribution in [2.75, 3.05) is 13.1 Å². The van der Waals surface area contributed by atoms with Crippen molar-refractivity contribution in [2.24, 2.45) is 7.05 Å². The molecule has 0 unspecified atom stereocenters. The molecule has 2 aromatic heterocycles. The van der Waals surface area contributed by atoms with Gasteiger partial charge in [-0.25, -0.2) is 0 Å². The van der Waals surface area contributed by atoms with Crippen LogP contribution in [0.4, 0.5) is 0 Å². The number of rotatable bonds is 3. The van der Waals surface area contributed by atoms with Crippen LogP contribution in [0.2, 0.25) is 0 Å². The summed E-state index contributed by atoms with van der Waals surface area (Å²) in [5.41, 5.74) is 0.784. The van der Waals surface area contributed by atoms with E-state index in [1.807, 2.05) is 13.0 Å². The molecule has 1 aliphatic heterocycles. The summed E-state index contributed by atoms with van der Waals surface area (Å²) in [6.07, 6.45) is 3.05. The van der Waals surface area contributed by atoms with Crippen molar-refractivity contribution in [1.29, 1.82) is 0 Å². The van der Waals surface area contributed by atoms with Crippen LogP contribution in [0.25, 0.3) is 0 Å². The molecule has 7 nitrogen and oxygen atoms in total. The molecule has 0 saturated carbocycles. The fraction of sp³-hybridized carbons (Fsp3) is 0.412. The average molecular weight is 328 g/mol. The molecule has 0 aromatic carbocycles. The molecule has 0 N–H and O–H groups in total. The van der Waals surface area contributed by atoms with Gasteiger partial charge in [0.2, 0.25) is 5.88 Å². The van der Waals surface area contributed by atoms with Gasteiger partial charge in [0.25, 0.3) is 11.5 Å². The summed E-state index contributed by atoms with van der Waals surface area (Å²) < 4.78 is 7.23. The summed E-state index contributed by atoms with van der Waals surface area (Å²) in [4.78, 5) is 26.3. The van der Waals surface area contributed by atoms with Crippen molar-refractivity contribution < 1.29 is 9.53 Å². The summed E-state index contributed by atoms with van der Waals surface area (Å²) in [5.74, 6) is 0.284. The molecule has 7 heteroatoms. The fourth-order valence-corrected chi connectivity index (χ4v) is 2.73. The van der Waals surface area contributed by atoms with Gasteiger partial charge < -0.3 is 14.2 Å². The van der Waals surface area contributed by atoms with Gasteiger partial charge in [0, 0.05) is 45.2 Å². The van der Waals surface area contributed by atoms with Gasteiger partial charge in [-0.2, -0.15) is 5.10 Å². The lowest BCUT2D eigenvalue weighted by Gasteiger charge is -2.31. The van der Waals surface area contributed by atoms with Crippen LogP contribution in [0.5, 0.6) is 5.88 Å². The van der Waals surface area contributed by atoms with Gasteiger partial charge in [-0.1, -0.05) is 0 Å². The van der Waals surface area contributed by atoms with E-state index in [1.54, 1.807) is 36.3 Å². The van der Waals surface area contributed by atoms with Crippen LogP contribution in [0, 0.1) is 6.92 Å². The number of carbonyl (C=O) groups is 1. The van der Waals surface area contributed by atoms with Crippen LogP contribution >= 0.6 is 0 Å². The van der Waals surface area contributed by atoms with Crippen molar-refractivity contribution >= 4 is 5.91 Å². The highest BCUT2D eigenvalue weighted by atomic mass is 16.5. The highest BCUT2D eigenvalue weighted by Gasteiger charge is 2.26. The van der Waals surface area contributed by atoms with Crippen molar-refractivity contribution in [1.82, 2.24) is 19.7 Å².